The van der Waals surface area contributed by atoms with Crippen LogP contribution in [0.15, 0.2) is 278 Å². The number of anilines is 6. The molecule has 0 bridgehead atoms. The first kappa shape index (κ1) is 67.5. The second kappa shape index (κ2) is 29.6. The van der Waals surface area contributed by atoms with E-state index in [1.54, 1.807) is 6.20 Å². The van der Waals surface area contributed by atoms with E-state index in [0.29, 0.717) is 0 Å². The third-order valence-corrected chi connectivity index (χ3v) is 16.6. The molecule has 0 aliphatic rings. The van der Waals surface area contributed by atoms with Crippen molar-refractivity contribution in [1.82, 2.24) is 15.0 Å². The van der Waals surface area contributed by atoms with E-state index in [9.17, 15) is 0 Å². The molecule has 0 aliphatic carbocycles. The zero-order chi connectivity index (χ0) is 64.3. The normalized spacial score (nSPS) is 11.4. The summed E-state index contributed by atoms with van der Waals surface area (Å²) in [5.74, 6) is 0. The van der Waals surface area contributed by atoms with Gasteiger partial charge in [0.25, 0.3) is 0 Å². The van der Waals surface area contributed by atoms with Crippen LogP contribution >= 0.6 is 15.9 Å². The van der Waals surface area contributed by atoms with Gasteiger partial charge < -0.3 is 24.8 Å². The number of benzene rings is 9. The molecule has 12 aromatic rings. The summed E-state index contributed by atoms with van der Waals surface area (Å²) in [7, 11) is 0. The van der Waals surface area contributed by atoms with Crippen LogP contribution in [-0.2, 0) is 41.8 Å². The van der Waals surface area contributed by atoms with Gasteiger partial charge in [-0.15, -0.1) is 101 Å². The predicted octanol–water partition coefficient (Wildman–Crippen LogP) is 23.9. The van der Waals surface area contributed by atoms with E-state index in [0.717, 1.165) is 94.6 Å². The minimum Gasteiger partial charge on any atom is -0.311 e. The summed E-state index contributed by atoms with van der Waals surface area (Å²) in [6, 6.07) is 99.4. The molecule has 0 fully saturated rings. The van der Waals surface area contributed by atoms with Crippen LogP contribution in [0.4, 0.5) is 34.1 Å². The fourth-order valence-electron chi connectivity index (χ4n) is 10.7. The van der Waals surface area contributed by atoms with Crippen LogP contribution in [0.2, 0.25) is 0 Å². The van der Waals surface area contributed by atoms with E-state index in [1.807, 2.05) is 97.3 Å². The van der Waals surface area contributed by atoms with Gasteiger partial charge in [0.05, 0.1) is 0 Å². The number of nitrogens with zero attached hydrogens (tertiary/aromatic N) is 5. The monoisotopic (exact) mass is 1440 g/mol. The Morgan fingerprint density at radius 1 is 0.283 bits per heavy atom. The van der Waals surface area contributed by atoms with Crippen molar-refractivity contribution in [3.05, 3.63) is 318 Å². The Morgan fingerprint density at radius 3 is 0.772 bits per heavy atom. The van der Waals surface area contributed by atoms with Crippen molar-refractivity contribution in [2.45, 2.75) is 105 Å². The van der Waals surface area contributed by atoms with E-state index in [1.165, 1.54) is 22.3 Å². The van der Waals surface area contributed by atoms with Crippen LogP contribution in [-0.4, -0.2) is 15.0 Å². The molecule has 0 amide bonds. The maximum atomic E-state index is 4.49. The summed E-state index contributed by atoms with van der Waals surface area (Å²) in [5.41, 5.74) is 23.0. The first-order chi connectivity index (χ1) is 43.5. The van der Waals surface area contributed by atoms with Gasteiger partial charge in [-0.25, -0.2) is 0 Å². The van der Waals surface area contributed by atoms with Gasteiger partial charge in [0, 0.05) is 52.7 Å². The van der Waals surface area contributed by atoms with Gasteiger partial charge in [-0.3, -0.25) is 0 Å². The number of aromatic nitrogens is 3. The van der Waals surface area contributed by atoms with Crippen molar-refractivity contribution in [3.8, 4) is 56.0 Å². The zero-order valence-electron chi connectivity index (χ0n) is 54.9. The van der Waals surface area contributed by atoms with E-state index >= 15 is 0 Å². The Bertz CT molecular complexity index is 3910. The van der Waals surface area contributed by atoms with Gasteiger partial charge in [0.2, 0.25) is 0 Å². The van der Waals surface area contributed by atoms with Crippen molar-refractivity contribution >= 4 is 50.1 Å². The van der Waals surface area contributed by atoms with E-state index in [-0.39, 0.29) is 41.8 Å². The summed E-state index contributed by atoms with van der Waals surface area (Å²) in [6.07, 6.45) is 5.42. The topological polar surface area (TPSA) is 45.2 Å². The summed E-state index contributed by atoms with van der Waals surface area (Å²) in [5, 5.41) is 0. The smallest absolute Gasteiger partial charge is 0.311 e. The third-order valence-electron chi connectivity index (χ3n) is 16.1. The largest absolute Gasteiger partial charge is 3.00 e. The van der Waals surface area contributed by atoms with Gasteiger partial charge in [-0.1, -0.05) is 213 Å². The summed E-state index contributed by atoms with van der Waals surface area (Å²) in [6.45, 7) is 27.1. The minimum atomic E-state index is 0. The van der Waals surface area contributed by atoms with Crippen LogP contribution < -0.4 is 9.80 Å². The molecule has 3 heterocycles. The maximum Gasteiger partial charge on any atom is 3.00 e. The number of halogens is 1. The molecule has 0 unspecified atom stereocenters. The zero-order valence-corrected chi connectivity index (χ0v) is 58.9. The molecule has 0 atom stereocenters. The first-order valence-corrected chi connectivity index (χ1v) is 32.0. The Hall–Kier alpha value is -8.84. The average molecular weight is 1440 g/mol. The molecule has 0 saturated carbocycles. The maximum absolute atomic E-state index is 4.49. The van der Waals surface area contributed by atoms with E-state index < -0.39 is 0 Å². The molecule has 462 valence electrons. The van der Waals surface area contributed by atoms with Crippen LogP contribution in [0.3, 0.4) is 0 Å². The molecule has 92 heavy (non-hydrogen) atoms. The first-order valence-electron chi connectivity index (χ1n) is 31.2. The summed E-state index contributed by atoms with van der Waals surface area (Å²) in [4.78, 5) is 17.9. The van der Waals surface area contributed by atoms with Crippen molar-refractivity contribution < 1.29 is 20.1 Å². The molecule has 5 nitrogen and oxygen atoms in total. The van der Waals surface area contributed by atoms with Crippen molar-refractivity contribution in [2.75, 3.05) is 9.80 Å². The molecular weight excluding hydrogens is 1360 g/mol. The predicted molar refractivity (Wildman–Crippen MR) is 388 cm³/mol. The number of hydrogen-bond donors (Lipinski definition) is 0. The van der Waals surface area contributed by atoms with Crippen LogP contribution in [0.1, 0.15) is 105 Å². The molecule has 9 aromatic carbocycles. The fraction of sp³-hybridized carbons (Fsp3) is 0.188. The van der Waals surface area contributed by atoms with Crippen LogP contribution in [0.5, 0.6) is 0 Å². The molecule has 0 N–H and O–H groups in total. The Kier molecular flexibility index (Phi) is 21.8. The molecule has 0 radical (unpaired) electrons. The van der Waals surface area contributed by atoms with Crippen molar-refractivity contribution in [3.63, 3.8) is 0 Å². The molecule has 12 rings (SSSR count). The Morgan fingerprint density at radius 2 is 0.533 bits per heavy atom. The summed E-state index contributed by atoms with van der Waals surface area (Å²) >= 11 is 3.41. The van der Waals surface area contributed by atoms with Crippen LogP contribution in [0, 0.1) is 18.2 Å². The van der Waals surface area contributed by atoms with E-state index in [2.05, 4.69) is 312 Å². The van der Waals surface area contributed by atoms with Gasteiger partial charge in [0.1, 0.15) is 0 Å². The standard InChI is InChI=1S/2C37H37N2.C11H7BrN.Ir/c2*1-36(2,3)30-15-21-33(22-16-30)39(34-23-17-31(18-24-34)37(4,5)6)32-19-13-27(14-20-32)28-10-9-11-29(26-28)35-12-7-8-25-38-35;12-10-5-3-4-9(8-10)11-6-1-2-7-13-11;/h2*7-10,12-26H,1-6H3;1-3,5-8H;/q3*-1;+3. The Labute approximate surface area is 569 Å². The third kappa shape index (κ3) is 17.4. The second-order valence-electron chi connectivity index (χ2n) is 27.0. The second-order valence-corrected chi connectivity index (χ2v) is 27.9. The molecule has 0 saturated heterocycles. The average Bonchev–Trinajstić information content (AvgIpc) is 1.22. The van der Waals surface area contributed by atoms with E-state index in [4.69, 9.17) is 0 Å². The molecule has 0 aliphatic heterocycles. The number of pyridine rings is 3. The van der Waals surface area contributed by atoms with Gasteiger partial charge in [-0.05, 0) is 163 Å². The van der Waals surface area contributed by atoms with Gasteiger partial charge in [0.15, 0.2) is 0 Å². The fourth-order valence-corrected chi connectivity index (χ4v) is 11.0. The molecule has 7 heteroatoms. The number of hydrogen-bond acceptors (Lipinski definition) is 5. The molecular formula is C85H81BrIrN5. The SMILES string of the molecule is Brc1cc[c-]c(-c2ccccn2)c1.CC(C)(C)c1ccc(N(c2ccc(-c3cc[c-]c(-c4ccccn4)c3)cc2)c2ccc(C(C)(C)C)cc2)cc1.CC(C)(C)c1ccc(N(c2ccc(-c3cc[c-]c(-c4ccccn4)c3)cc2)c2ccc(C(C)(C)C)cc2)cc1.[Ir+3]. The molecule has 3 aromatic heterocycles. The Balaban J connectivity index is 0.000000180. The van der Waals surface area contributed by atoms with Gasteiger partial charge >= 0.3 is 20.1 Å². The van der Waals surface area contributed by atoms with Gasteiger partial charge in [-0.2, -0.15) is 0 Å². The van der Waals surface area contributed by atoms with Crippen molar-refractivity contribution in [1.29, 1.82) is 0 Å². The van der Waals surface area contributed by atoms with Crippen LogP contribution in [0.25, 0.3) is 56.0 Å². The minimum absolute atomic E-state index is 0. The van der Waals surface area contributed by atoms with Crippen molar-refractivity contribution in [2.24, 2.45) is 0 Å². The summed E-state index contributed by atoms with van der Waals surface area (Å²) < 4.78 is 1.05. The number of rotatable bonds is 11. The molecule has 0 spiro atoms. The quantitative estimate of drug-likeness (QED) is 0.121.